The van der Waals surface area contributed by atoms with E-state index in [1.807, 2.05) is 0 Å². The van der Waals surface area contributed by atoms with E-state index >= 15 is 0 Å². The van der Waals surface area contributed by atoms with Crippen LogP contribution in [0.4, 0.5) is 20.3 Å². The quantitative estimate of drug-likeness (QED) is 0.480. The van der Waals surface area contributed by atoms with Crippen molar-refractivity contribution >= 4 is 17.4 Å². The smallest absolute Gasteiger partial charge is 0.255 e. The Balaban J connectivity index is 1.52. The maximum absolute atomic E-state index is 13.3. The molecule has 2 heterocycles. The van der Waals surface area contributed by atoms with E-state index in [1.54, 1.807) is 12.1 Å². The number of carbonyl (C=O) groups is 1. The first kappa shape index (κ1) is 23.6. The van der Waals surface area contributed by atoms with Crippen LogP contribution in [0, 0.1) is 24.0 Å². The lowest BCUT2D eigenvalue weighted by molar-refractivity contribution is 0.0291. The van der Waals surface area contributed by atoms with Gasteiger partial charge in [-0.3, -0.25) is 9.69 Å². The zero-order chi connectivity index (χ0) is 22.9. The first-order chi connectivity index (χ1) is 15.4. The highest BCUT2D eigenvalue weighted by atomic mass is 19.1. The average molecular weight is 444 g/mol. The number of carbonyl (C=O) groups excluding carboxylic acids is 1. The van der Waals surface area contributed by atoms with Crippen molar-refractivity contribution < 1.29 is 23.4 Å². The van der Waals surface area contributed by atoms with Crippen molar-refractivity contribution in [1.82, 2.24) is 9.88 Å². The third kappa shape index (κ3) is 6.99. The predicted octanol–water partition coefficient (Wildman–Crippen LogP) is 2.13. The number of nitrogens with zero attached hydrogens (tertiary/aromatic N) is 3. The van der Waals surface area contributed by atoms with Crippen molar-refractivity contribution in [3.05, 3.63) is 53.7 Å². The first-order valence-corrected chi connectivity index (χ1v) is 10.3. The molecule has 0 spiro atoms. The van der Waals surface area contributed by atoms with Crippen molar-refractivity contribution in [3.8, 4) is 12.3 Å². The molecule has 1 saturated heterocycles. The van der Waals surface area contributed by atoms with Gasteiger partial charge in [-0.15, -0.1) is 6.42 Å². The molecule has 1 aromatic heterocycles. The maximum Gasteiger partial charge on any atom is 0.255 e. The van der Waals surface area contributed by atoms with E-state index in [9.17, 15) is 18.7 Å². The number of aliphatic hydroxyl groups is 1. The van der Waals surface area contributed by atoms with Gasteiger partial charge >= 0.3 is 0 Å². The van der Waals surface area contributed by atoms with Gasteiger partial charge < -0.3 is 20.1 Å². The maximum atomic E-state index is 13.3. The molecule has 0 aliphatic carbocycles. The average Bonchev–Trinajstić information content (AvgIpc) is 2.99. The summed E-state index contributed by atoms with van der Waals surface area (Å²) in [5, 5.41) is 12.7. The Morgan fingerprint density at radius 1 is 1.22 bits per heavy atom. The van der Waals surface area contributed by atoms with Crippen LogP contribution in [0.2, 0.25) is 0 Å². The van der Waals surface area contributed by atoms with Gasteiger partial charge in [-0.25, -0.2) is 13.8 Å². The number of pyridine rings is 1. The van der Waals surface area contributed by atoms with E-state index in [0.29, 0.717) is 18.3 Å². The van der Waals surface area contributed by atoms with Gasteiger partial charge in [0.25, 0.3) is 5.91 Å². The van der Waals surface area contributed by atoms with Crippen molar-refractivity contribution in [2.24, 2.45) is 0 Å². The Morgan fingerprint density at radius 3 is 2.69 bits per heavy atom. The molecular formula is C23H26F2N4O3. The van der Waals surface area contributed by atoms with Crippen molar-refractivity contribution in [2.75, 3.05) is 56.2 Å². The van der Waals surface area contributed by atoms with Gasteiger partial charge in [-0.05, 0) is 37.2 Å². The van der Waals surface area contributed by atoms with Crippen LogP contribution in [0.1, 0.15) is 16.8 Å². The fourth-order valence-corrected chi connectivity index (χ4v) is 3.52. The molecule has 2 N–H and O–H groups in total. The predicted molar refractivity (Wildman–Crippen MR) is 117 cm³/mol. The fraction of sp³-hybridized carbons (Fsp3) is 0.391. The molecule has 0 bridgehead atoms. The van der Waals surface area contributed by atoms with Crippen LogP contribution < -0.4 is 10.2 Å². The standard InChI is InChI=1S/C23H26F2N4O3/c1-2-10-32-16-21(30)15-28-6-3-7-29(9-8-28)22-5-4-20(14-26-22)27-23(31)17-11-18(24)13-19(25)12-17/h1,4-5,11-14,21,30H,3,6-10,15-16H2,(H,27,31). The molecule has 7 nitrogen and oxygen atoms in total. The van der Waals surface area contributed by atoms with Crippen LogP contribution in [0.25, 0.3) is 0 Å². The van der Waals surface area contributed by atoms with Crippen molar-refractivity contribution in [3.63, 3.8) is 0 Å². The highest BCUT2D eigenvalue weighted by molar-refractivity contribution is 6.04. The molecule has 0 saturated carbocycles. The number of benzene rings is 1. The Labute approximate surface area is 186 Å². The monoisotopic (exact) mass is 444 g/mol. The summed E-state index contributed by atoms with van der Waals surface area (Å²) < 4.78 is 31.8. The number of amides is 1. The van der Waals surface area contributed by atoms with Gasteiger partial charge in [0.2, 0.25) is 0 Å². The number of ether oxygens (including phenoxy) is 1. The highest BCUT2D eigenvalue weighted by Crippen LogP contribution is 2.18. The van der Waals surface area contributed by atoms with Crippen LogP contribution in [-0.2, 0) is 4.74 Å². The van der Waals surface area contributed by atoms with Gasteiger partial charge in [0.15, 0.2) is 0 Å². The lowest BCUT2D eigenvalue weighted by Gasteiger charge is -2.24. The summed E-state index contributed by atoms with van der Waals surface area (Å²) in [4.78, 5) is 21.0. The normalized spacial score (nSPS) is 15.6. The van der Waals surface area contributed by atoms with Crippen LogP contribution in [0.15, 0.2) is 36.5 Å². The minimum atomic E-state index is -0.813. The van der Waals surface area contributed by atoms with Gasteiger partial charge in [-0.2, -0.15) is 0 Å². The Morgan fingerprint density at radius 2 is 2.00 bits per heavy atom. The van der Waals surface area contributed by atoms with Gasteiger partial charge in [-0.1, -0.05) is 5.92 Å². The molecule has 1 aliphatic rings. The largest absolute Gasteiger partial charge is 0.389 e. The number of hydrogen-bond acceptors (Lipinski definition) is 6. The molecule has 1 amide bonds. The molecule has 1 unspecified atom stereocenters. The number of halogens is 2. The number of nitrogens with one attached hydrogen (secondary N) is 1. The second-order valence-electron chi connectivity index (χ2n) is 7.53. The second-order valence-corrected chi connectivity index (χ2v) is 7.53. The molecular weight excluding hydrogens is 418 g/mol. The fourth-order valence-electron chi connectivity index (χ4n) is 3.52. The summed E-state index contributed by atoms with van der Waals surface area (Å²) in [7, 11) is 0. The third-order valence-electron chi connectivity index (χ3n) is 5.01. The van der Waals surface area contributed by atoms with E-state index in [2.05, 4.69) is 26.0 Å². The van der Waals surface area contributed by atoms with Crippen LogP contribution in [0.3, 0.4) is 0 Å². The second kappa shape index (κ2) is 11.5. The zero-order valence-electron chi connectivity index (χ0n) is 17.6. The van der Waals surface area contributed by atoms with Crippen LogP contribution in [0.5, 0.6) is 0 Å². The van der Waals surface area contributed by atoms with Crippen LogP contribution in [-0.4, -0.2) is 72.9 Å². The molecule has 9 heteroatoms. The SMILES string of the molecule is C#CCOCC(O)CN1CCCN(c2ccc(NC(=O)c3cc(F)cc(F)c3)cn2)CC1. The molecule has 32 heavy (non-hydrogen) atoms. The molecule has 1 atom stereocenters. The summed E-state index contributed by atoms with van der Waals surface area (Å²) >= 11 is 0. The molecule has 1 aromatic carbocycles. The Bertz CT molecular complexity index is 929. The number of aromatic nitrogens is 1. The third-order valence-corrected chi connectivity index (χ3v) is 5.01. The lowest BCUT2D eigenvalue weighted by Crippen LogP contribution is -2.37. The first-order valence-electron chi connectivity index (χ1n) is 10.3. The number of rotatable bonds is 8. The number of β-amino-alcohol motifs (C(OH)–C–C–N with tert-alkyl or cyclic N) is 1. The summed E-state index contributed by atoms with van der Waals surface area (Å²) in [6, 6.07) is 6.15. The lowest BCUT2D eigenvalue weighted by atomic mass is 10.2. The minimum absolute atomic E-state index is 0.105. The van der Waals surface area contributed by atoms with E-state index in [4.69, 9.17) is 11.2 Å². The van der Waals surface area contributed by atoms with E-state index in [1.165, 1.54) is 6.20 Å². The van der Waals surface area contributed by atoms with E-state index in [0.717, 1.165) is 50.6 Å². The van der Waals surface area contributed by atoms with Crippen molar-refractivity contribution in [2.45, 2.75) is 12.5 Å². The zero-order valence-corrected chi connectivity index (χ0v) is 17.6. The Hall–Kier alpha value is -3.06. The van der Waals surface area contributed by atoms with Gasteiger partial charge in [0, 0.05) is 37.8 Å². The molecule has 3 rings (SSSR count). The van der Waals surface area contributed by atoms with Crippen LogP contribution >= 0.6 is 0 Å². The number of aliphatic hydroxyl groups excluding tert-OH is 1. The summed E-state index contributed by atoms with van der Waals surface area (Å²) in [6.45, 7) is 4.06. The van der Waals surface area contributed by atoms with Gasteiger partial charge in [0.1, 0.15) is 24.1 Å². The Kier molecular flexibility index (Phi) is 8.50. The number of hydrogen-bond donors (Lipinski definition) is 2. The number of anilines is 2. The van der Waals surface area contributed by atoms with E-state index in [-0.39, 0.29) is 18.8 Å². The molecule has 1 fully saturated rings. The molecule has 0 radical (unpaired) electrons. The highest BCUT2D eigenvalue weighted by Gasteiger charge is 2.18. The summed E-state index contributed by atoms with van der Waals surface area (Å²) in [5.74, 6) is 0.893. The number of terminal acetylenes is 1. The van der Waals surface area contributed by atoms with E-state index < -0.39 is 23.6 Å². The van der Waals surface area contributed by atoms with Gasteiger partial charge in [0.05, 0.1) is 24.6 Å². The minimum Gasteiger partial charge on any atom is -0.389 e. The molecule has 1 aliphatic heterocycles. The summed E-state index contributed by atoms with van der Waals surface area (Å²) in [6.07, 6.45) is 6.96. The van der Waals surface area contributed by atoms with Crippen molar-refractivity contribution in [1.29, 1.82) is 0 Å². The molecule has 170 valence electrons. The topological polar surface area (TPSA) is 77.9 Å². The molecule has 2 aromatic rings. The summed E-state index contributed by atoms with van der Waals surface area (Å²) in [5.41, 5.74) is 0.320.